The lowest BCUT2D eigenvalue weighted by atomic mass is 9.76. The molecule has 1 aliphatic rings. The van der Waals surface area contributed by atoms with Crippen LogP contribution in [0.25, 0.3) is 0 Å². The molecule has 0 aliphatic carbocycles. The number of nitrogens with zero attached hydrogens (tertiary/aromatic N) is 1. The van der Waals surface area contributed by atoms with Gasteiger partial charge in [-0.15, -0.1) is 0 Å². The van der Waals surface area contributed by atoms with Gasteiger partial charge in [0.15, 0.2) is 0 Å². The second kappa shape index (κ2) is 6.81. The van der Waals surface area contributed by atoms with Crippen molar-refractivity contribution in [1.82, 2.24) is 4.90 Å². The van der Waals surface area contributed by atoms with Crippen molar-refractivity contribution in [3.05, 3.63) is 0 Å². The van der Waals surface area contributed by atoms with Gasteiger partial charge < -0.3 is 4.90 Å². The minimum absolute atomic E-state index is 0.236. The van der Waals surface area contributed by atoms with Gasteiger partial charge in [-0.3, -0.25) is 4.79 Å². The highest BCUT2D eigenvalue weighted by atomic mass is 79.9. The van der Waals surface area contributed by atoms with Gasteiger partial charge in [-0.05, 0) is 35.5 Å². The number of alkyl halides is 1. The van der Waals surface area contributed by atoms with Crippen molar-refractivity contribution in [2.75, 3.05) is 18.4 Å². The molecule has 1 heterocycles. The molecule has 1 fully saturated rings. The van der Waals surface area contributed by atoms with Crippen LogP contribution in [0.5, 0.6) is 0 Å². The van der Waals surface area contributed by atoms with E-state index in [0.717, 1.165) is 37.7 Å². The first-order valence-corrected chi connectivity index (χ1v) is 9.01. The summed E-state index contributed by atoms with van der Waals surface area (Å²) < 4.78 is 0. The normalized spacial score (nSPS) is 23.6. The molecule has 0 N–H and O–H groups in total. The van der Waals surface area contributed by atoms with E-state index < -0.39 is 0 Å². The Morgan fingerprint density at radius 1 is 1.20 bits per heavy atom. The van der Waals surface area contributed by atoms with Gasteiger partial charge in [0.25, 0.3) is 0 Å². The number of carbonyl (C=O) groups is 1. The Kier molecular flexibility index (Phi) is 6.13. The number of carbonyl (C=O) groups excluding carboxylic acids is 1. The molecule has 0 aromatic rings. The fraction of sp³-hybridized carbons (Fsp3) is 0.941. The molecule has 2 nitrogen and oxygen atoms in total. The highest BCUT2D eigenvalue weighted by Gasteiger charge is 2.32. The minimum Gasteiger partial charge on any atom is -0.342 e. The molecule has 0 spiro atoms. The van der Waals surface area contributed by atoms with Gasteiger partial charge >= 0.3 is 0 Å². The zero-order chi connectivity index (χ0) is 15.6. The highest BCUT2D eigenvalue weighted by Crippen LogP contribution is 2.35. The smallest absolute Gasteiger partial charge is 0.222 e. The monoisotopic (exact) mass is 345 g/mol. The standard InChI is InChI=1S/C17H32BrNO/c1-16(2,3)13-7-8-15(20)19(10-9-13)12-14(11-18)17(4,5)6/h13-14H,7-12H2,1-6H3. The van der Waals surface area contributed by atoms with Crippen LogP contribution in [0.4, 0.5) is 0 Å². The topological polar surface area (TPSA) is 20.3 Å². The maximum absolute atomic E-state index is 12.4. The second-order valence-corrected chi connectivity index (χ2v) is 9.09. The molecule has 118 valence electrons. The number of rotatable bonds is 3. The van der Waals surface area contributed by atoms with Crippen molar-refractivity contribution in [3.63, 3.8) is 0 Å². The van der Waals surface area contributed by atoms with Crippen LogP contribution in [0.2, 0.25) is 0 Å². The SMILES string of the molecule is CC(C)(C)C1CCC(=O)N(CC(CBr)C(C)(C)C)CC1. The average Bonchev–Trinajstić information content (AvgIpc) is 2.46. The van der Waals surface area contributed by atoms with Gasteiger partial charge in [0, 0.05) is 24.8 Å². The Labute approximate surface area is 133 Å². The third-order valence-corrected chi connectivity index (χ3v) is 5.66. The summed E-state index contributed by atoms with van der Waals surface area (Å²) in [5.74, 6) is 1.53. The Morgan fingerprint density at radius 2 is 1.80 bits per heavy atom. The lowest BCUT2D eigenvalue weighted by molar-refractivity contribution is -0.131. The molecule has 0 aromatic heterocycles. The molecular weight excluding hydrogens is 314 g/mol. The quantitative estimate of drug-likeness (QED) is 0.677. The third kappa shape index (κ3) is 5.05. The van der Waals surface area contributed by atoms with Gasteiger partial charge in [-0.1, -0.05) is 57.5 Å². The van der Waals surface area contributed by atoms with E-state index >= 15 is 0 Å². The van der Waals surface area contributed by atoms with Crippen molar-refractivity contribution in [2.24, 2.45) is 22.7 Å². The van der Waals surface area contributed by atoms with Crippen molar-refractivity contribution < 1.29 is 4.79 Å². The summed E-state index contributed by atoms with van der Waals surface area (Å²) >= 11 is 3.62. The molecule has 0 saturated carbocycles. The van der Waals surface area contributed by atoms with Crippen LogP contribution in [-0.2, 0) is 4.79 Å². The maximum Gasteiger partial charge on any atom is 0.222 e. The summed E-state index contributed by atoms with van der Waals surface area (Å²) in [6.07, 6.45) is 2.92. The molecule has 2 unspecified atom stereocenters. The van der Waals surface area contributed by atoms with Gasteiger partial charge in [0.05, 0.1) is 0 Å². The molecular formula is C17H32BrNO. The Hall–Kier alpha value is -0.0500. The van der Waals surface area contributed by atoms with E-state index in [0.29, 0.717) is 23.2 Å². The van der Waals surface area contributed by atoms with Crippen LogP contribution in [0, 0.1) is 22.7 Å². The third-order valence-electron chi connectivity index (χ3n) is 4.88. The second-order valence-electron chi connectivity index (χ2n) is 8.45. The fourth-order valence-electron chi connectivity index (χ4n) is 2.92. The van der Waals surface area contributed by atoms with Crippen LogP contribution >= 0.6 is 15.9 Å². The van der Waals surface area contributed by atoms with E-state index in [1.165, 1.54) is 0 Å². The highest BCUT2D eigenvalue weighted by molar-refractivity contribution is 9.09. The summed E-state index contributed by atoms with van der Waals surface area (Å²) in [6, 6.07) is 0. The van der Waals surface area contributed by atoms with Gasteiger partial charge in [-0.25, -0.2) is 0 Å². The lowest BCUT2D eigenvalue weighted by Crippen LogP contribution is -2.40. The zero-order valence-electron chi connectivity index (χ0n) is 14.1. The number of hydrogen-bond acceptors (Lipinski definition) is 1. The fourth-order valence-corrected chi connectivity index (χ4v) is 4.09. The lowest BCUT2D eigenvalue weighted by Gasteiger charge is -2.34. The van der Waals surface area contributed by atoms with Crippen molar-refractivity contribution in [3.8, 4) is 0 Å². The maximum atomic E-state index is 12.4. The molecule has 1 saturated heterocycles. The molecule has 3 heteroatoms. The van der Waals surface area contributed by atoms with Gasteiger partial charge in [-0.2, -0.15) is 0 Å². The number of halogens is 1. The minimum atomic E-state index is 0.236. The molecule has 0 bridgehead atoms. The van der Waals surface area contributed by atoms with Crippen LogP contribution < -0.4 is 0 Å². The molecule has 1 amide bonds. The van der Waals surface area contributed by atoms with Crippen molar-refractivity contribution in [1.29, 1.82) is 0 Å². The first-order chi connectivity index (χ1) is 9.05. The summed E-state index contributed by atoms with van der Waals surface area (Å²) in [5, 5.41) is 0.961. The number of likely N-dealkylation sites (tertiary alicyclic amines) is 1. The van der Waals surface area contributed by atoms with E-state index in [2.05, 4.69) is 62.4 Å². The van der Waals surface area contributed by atoms with Crippen LogP contribution in [0.1, 0.15) is 60.8 Å². The molecule has 1 aliphatic heterocycles. The van der Waals surface area contributed by atoms with Crippen LogP contribution in [-0.4, -0.2) is 29.2 Å². The number of hydrogen-bond donors (Lipinski definition) is 0. The molecule has 20 heavy (non-hydrogen) atoms. The predicted molar refractivity (Wildman–Crippen MR) is 90.1 cm³/mol. The van der Waals surface area contributed by atoms with Crippen molar-refractivity contribution >= 4 is 21.8 Å². The molecule has 0 radical (unpaired) electrons. The summed E-state index contributed by atoms with van der Waals surface area (Å²) in [7, 11) is 0. The summed E-state index contributed by atoms with van der Waals surface area (Å²) in [5.41, 5.74) is 0.550. The summed E-state index contributed by atoms with van der Waals surface area (Å²) in [6.45, 7) is 15.5. The first kappa shape index (κ1) is 18.0. The summed E-state index contributed by atoms with van der Waals surface area (Å²) in [4.78, 5) is 14.5. The van der Waals surface area contributed by atoms with E-state index in [4.69, 9.17) is 0 Å². The number of amides is 1. The predicted octanol–water partition coefficient (Wildman–Crippen LogP) is 4.72. The zero-order valence-corrected chi connectivity index (χ0v) is 15.7. The van der Waals surface area contributed by atoms with Crippen LogP contribution in [0.3, 0.4) is 0 Å². The van der Waals surface area contributed by atoms with Crippen LogP contribution in [0.15, 0.2) is 0 Å². The average molecular weight is 346 g/mol. The molecule has 1 rings (SSSR count). The first-order valence-electron chi connectivity index (χ1n) is 7.89. The van der Waals surface area contributed by atoms with E-state index in [1.807, 2.05) is 0 Å². The van der Waals surface area contributed by atoms with Crippen molar-refractivity contribution in [2.45, 2.75) is 60.8 Å². The Morgan fingerprint density at radius 3 is 2.25 bits per heavy atom. The van der Waals surface area contributed by atoms with Gasteiger partial charge in [0.1, 0.15) is 0 Å². The Bertz CT molecular complexity index is 327. The van der Waals surface area contributed by atoms with E-state index in [9.17, 15) is 4.79 Å². The van der Waals surface area contributed by atoms with E-state index in [1.54, 1.807) is 0 Å². The Balaban J connectivity index is 2.70. The van der Waals surface area contributed by atoms with E-state index in [-0.39, 0.29) is 5.41 Å². The van der Waals surface area contributed by atoms with Gasteiger partial charge in [0.2, 0.25) is 5.91 Å². The molecule has 0 aromatic carbocycles. The largest absolute Gasteiger partial charge is 0.342 e. The molecule has 2 atom stereocenters.